The van der Waals surface area contributed by atoms with Crippen LogP contribution in [0.3, 0.4) is 0 Å². The molecule has 0 radical (unpaired) electrons. The fraction of sp³-hybridized carbons (Fsp3) is 0.364. The molecule has 0 aliphatic rings. The molecule has 0 atom stereocenters. The average molecular weight is 233 g/mol. The van der Waals surface area contributed by atoms with Gasteiger partial charge in [-0.05, 0) is 24.6 Å². The van der Waals surface area contributed by atoms with E-state index in [9.17, 15) is 4.79 Å². The van der Waals surface area contributed by atoms with Gasteiger partial charge in [-0.25, -0.2) is 0 Å². The summed E-state index contributed by atoms with van der Waals surface area (Å²) >= 11 is 11.5. The van der Waals surface area contributed by atoms with Crippen LogP contribution in [0.2, 0.25) is 10.0 Å². The van der Waals surface area contributed by atoms with Gasteiger partial charge in [-0.15, -0.1) is 0 Å². The van der Waals surface area contributed by atoms with Gasteiger partial charge < -0.3 is 0 Å². The van der Waals surface area contributed by atoms with Gasteiger partial charge in [0.2, 0.25) is 0 Å². The lowest BCUT2D eigenvalue weighted by atomic mass is 10.1. The van der Waals surface area contributed by atoms with Crippen LogP contribution in [0.15, 0.2) is 18.2 Å². The van der Waals surface area contributed by atoms with Crippen LogP contribution < -0.4 is 0 Å². The van der Waals surface area contributed by atoms with Gasteiger partial charge in [0.05, 0.1) is 10.0 Å². The van der Waals surface area contributed by atoms with E-state index in [2.05, 4.69) is 0 Å². The Morgan fingerprint density at radius 1 is 1.21 bits per heavy atom. The number of carbonyl (C=O) groups is 1. The normalized spacial score (nSPS) is 8.93. The first-order valence-corrected chi connectivity index (χ1v) is 5.28. The third-order valence-corrected chi connectivity index (χ3v) is 2.18. The van der Waals surface area contributed by atoms with E-state index < -0.39 is 0 Å². The van der Waals surface area contributed by atoms with Crippen LogP contribution in [0.5, 0.6) is 0 Å². The first-order chi connectivity index (χ1) is 6.59. The van der Waals surface area contributed by atoms with E-state index in [0.29, 0.717) is 16.5 Å². The van der Waals surface area contributed by atoms with Crippen molar-refractivity contribution in [1.82, 2.24) is 0 Å². The first-order valence-electron chi connectivity index (χ1n) is 4.53. The molecule has 0 spiro atoms. The molecule has 0 unspecified atom stereocenters. The van der Waals surface area contributed by atoms with Crippen molar-refractivity contribution >= 4 is 29.0 Å². The number of halogens is 2. The SMILES string of the molecule is CC.CC(=O)Cc1ccc(Cl)c(Cl)c1. The third kappa shape index (κ3) is 4.64. The molecule has 0 saturated heterocycles. The van der Waals surface area contributed by atoms with E-state index in [0.717, 1.165) is 5.56 Å². The fourth-order valence-electron chi connectivity index (χ4n) is 0.937. The Hall–Kier alpha value is -0.530. The maximum absolute atomic E-state index is 10.7. The summed E-state index contributed by atoms with van der Waals surface area (Å²) in [5, 5.41) is 1.01. The number of rotatable bonds is 2. The summed E-state index contributed by atoms with van der Waals surface area (Å²) in [6.07, 6.45) is 0.414. The highest BCUT2D eigenvalue weighted by Crippen LogP contribution is 2.22. The van der Waals surface area contributed by atoms with E-state index in [4.69, 9.17) is 23.2 Å². The molecular formula is C11H14Cl2O. The molecule has 1 aromatic carbocycles. The van der Waals surface area contributed by atoms with Crippen LogP contribution in [-0.4, -0.2) is 5.78 Å². The van der Waals surface area contributed by atoms with Gasteiger partial charge in [0.25, 0.3) is 0 Å². The molecule has 1 nitrogen and oxygen atoms in total. The Bertz CT molecular complexity index is 308. The lowest BCUT2D eigenvalue weighted by Crippen LogP contribution is -1.95. The number of carbonyl (C=O) groups excluding carboxylic acids is 1. The molecule has 0 amide bonds. The number of hydrogen-bond acceptors (Lipinski definition) is 1. The molecule has 0 aliphatic heterocycles. The Morgan fingerprint density at radius 2 is 1.79 bits per heavy atom. The summed E-state index contributed by atoms with van der Waals surface area (Å²) in [4.78, 5) is 10.7. The zero-order valence-electron chi connectivity index (χ0n) is 8.60. The fourth-order valence-corrected chi connectivity index (χ4v) is 1.26. The Balaban J connectivity index is 0.000000791. The lowest BCUT2D eigenvalue weighted by Gasteiger charge is -1.99. The average Bonchev–Trinajstić information content (AvgIpc) is 2.14. The predicted octanol–water partition coefficient (Wildman–Crippen LogP) is 4.15. The number of ketones is 1. The molecule has 0 fully saturated rings. The second-order valence-electron chi connectivity index (χ2n) is 2.63. The molecule has 14 heavy (non-hydrogen) atoms. The minimum absolute atomic E-state index is 0.119. The van der Waals surface area contributed by atoms with Crippen molar-refractivity contribution in [2.75, 3.05) is 0 Å². The minimum Gasteiger partial charge on any atom is -0.300 e. The maximum Gasteiger partial charge on any atom is 0.134 e. The number of benzene rings is 1. The summed E-state index contributed by atoms with van der Waals surface area (Å²) in [6.45, 7) is 5.54. The highest BCUT2D eigenvalue weighted by molar-refractivity contribution is 6.42. The van der Waals surface area contributed by atoms with Gasteiger partial charge in [0.1, 0.15) is 5.78 Å². The molecule has 0 heterocycles. The van der Waals surface area contributed by atoms with Crippen LogP contribution in [0.25, 0.3) is 0 Å². The van der Waals surface area contributed by atoms with Gasteiger partial charge in [-0.1, -0.05) is 43.1 Å². The molecule has 1 aromatic rings. The predicted molar refractivity (Wildman–Crippen MR) is 62.2 cm³/mol. The van der Waals surface area contributed by atoms with E-state index in [1.54, 1.807) is 25.1 Å². The largest absolute Gasteiger partial charge is 0.300 e. The highest BCUT2D eigenvalue weighted by atomic mass is 35.5. The quantitative estimate of drug-likeness (QED) is 0.749. The molecule has 3 heteroatoms. The summed E-state index contributed by atoms with van der Waals surface area (Å²) in [7, 11) is 0. The van der Waals surface area contributed by atoms with Crippen molar-refractivity contribution in [3.05, 3.63) is 33.8 Å². The Morgan fingerprint density at radius 3 is 2.21 bits per heavy atom. The van der Waals surface area contributed by atoms with Crippen LogP contribution in [0.1, 0.15) is 26.3 Å². The number of Topliss-reactive ketones (excluding diaryl/α,β-unsaturated/α-hetero) is 1. The first kappa shape index (κ1) is 13.5. The molecule has 0 aliphatic carbocycles. The van der Waals surface area contributed by atoms with Crippen molar-refractivity contribution in [1.29, 1.82) is 0 Å². The standard InChI is InChI=1S/C9H8Cl2O.C2H6/c1-6(12)4-7-2-3-8(10)9(11)5-7;1-2/h2-3,5H,4H2,1H3;1-2H3. The second-order valence-corrected chi connectivity index (χ2v) is 3.44. The van der Waals surface area contributed by atoms with Crippen molar-refractivity contribution in [2.45, 2.75) is 27.2 Å². The van der Waals surface area contributed by atoms with Crippen molar-refractivity contribution < 1.29 is 4.79 Å². The molecule has 78 valence electrons. The topological polar surface area (TPSA) is 17.1 Å². The van der Waals surface area contributed by atoms with Crippen molar-refractivity contribution in [2.24, 2.45) is 0 Å². The summed E-state index contributed by atoms with van der Waals surface area (Å²) in [6, 6.07) is 5.21. The molecular weight excluding hydrogens is 219 g/mol. The van der Waals surface area contributed by atoms with E-state index >= 15 is 0 Å². The van der Waals surface area contributed by atoms with E-state index in [1.807, 2.05) is 13.8 Å². The Kier molecular flexibility index (Phi) is 6.60. The summed E-state index contributed by atoms with van der Waals surface area (Å²) in [5.74, 6) is 0.119. The van der Waals surface area contributed by atoms with E-state index in [1.165, 1.54) is 0 Å². The van der Waals surface area contributed by atoms with Crippen molar-refractivity contribution in [3.63, 3.8) is 0 Å². The second kappa shape index (κ2) is 6.86. The monoisotopic (exact) mass is 232 g/mol. The van der Waals surface area contributed by atoms with Crippen LogP contribution >= 0.6 is 23.2 Å². The maximum atomic E-state index is 10.7. The Labute approximate surface area is 95.0 Å². The van der Waals surface area contributed by atoms with Crippen LogP contribution in [0.4, 0.5) is 0 Å². The minimum atomic E-state index is 0.119. The van der Waals surface area contributed by atoms with Gasteiger partial charge >= 0.3 is 0 Å². The summed E-state index contributed by atoms with van der Waals surface area (Å²) in [5.41, 5.74) is 0.900. The van der Waals surface area contributed by atoms with Gasteiger partial charge in [-0.2, -0.15) is 0 Å². The summed E-state index contributed by atoms with van der Waals surface area (Å²) < 4.78 is 0. The zero-order chi connectivity index (χ0) is 11.1. The molecule has 0 bridgehead atoms. The number of hydrogen-bond donors (Lipinski definition) is 0. The molecule has 0 N–H and O–H groups in total. The zero-order valence-corrected chi connectivity index (χ0v) is 10.1. The van der Waals surface area contributed by atoms with Gasteiger partial charge in [0.15, 0.2) is 0 Å². The molecule has 0 aromatic heterocycles. The van der Waals surface area contributed by atoms with Crippen LogP contribution in [-0.2, 0) is 11.2 Å². The van der Waals surface area contributed by atoms with Gasteiger partial charge in [0, 0.05) is 6.42 Å². The smallest absolute Gasteiger partial charge is 0.134 e. The van der Waals surface area contributed by atoms with E-state index in [-0.39, 0.29) is 5.78 Å². The highest BCUT2D eigenvalue weighted by Gasteiger charge is 2.01. The lowest BCUT2D eigenvalue weighted by molar-refractivity contribution is -0.116. The van der Waals surface area contributed by atoms with Crippen LogP contribution in [0, 0.1) is 0 Å². The van der Waals surface area contributed by atoms with Crippen molar-refractivity contribution in [3.8, 4) is 0 Å². The third-order valence-electron chi connectivity index (χ3n) is 1.44. The molecule has 1 rings (SSSR count). The van der Waals surface area contributed by atoms with Gasteiger partial charge in [-0.3, -0.25) is 4.79 Å². The molecule has 0 saturated carbocycles.